The van der Waals surface area contributed by atoms with Gasteiger partial charge in [0, 0.05) is 30.8 Å². The maximum absolute atomic E-state index is 11.3. The number of methoxy groups -OCH3 is 1. The van der Waals surface area contributed by atoms with E-state index in [2.05, 4.69) is 10.2 Å². The molecule has 3 rings (SSSR count). The number of nitro benzene ring substituents is 1. The van der Waals surface area contributed by atoms with E-state index in [1.165, 1.54) is 6.42 Å². The molecule has 0 spiro atoms. The highest BCUT2D eigenvalue weighted by Crippen LogP contribution is 2.38. The molecule has 2 fully saturated rings. The molecule has 2 atom stereocenters. The Morgan fingerprint density at radius 1 is 1.38 bits per heavy atom. The largest absolute Gasteiger partial charge is 0.497 e. The van der Waals surface area contributed by atoms with Crippen molar-refractivity contribution in [3.63, 3.8) is 0 Å². The predicted octanol–water partition coefficient (Wildman–Crippen LogP) is 2.32. The van der Waals surface area contributed by atoms with Gasteiger partial charge in [-0.15, -0.1) is 0 Å². The molecule has 21 heavy (non-hydrogen) atoms. The van der Waals surface area contributed by atoms with Crippen LogP contribution in [0.25, 0.3) is 0 Å². The number of hydrogen-bond donors (Lipinski definition) is 1. The first-order chi connectivity index (χ1) is 10.2. The predicted molar refractivity (Wildman–Crippen MR) is 81.0 cm³/mol. The molecule has 0 amide bonds. The average Bonchev–Trinajstić information content (AvgIpc) is 3.16. The molecule has 0 radical (unpaired) electrons. The van der Waals surface area contributed by atoms with Crippen LogP contribution in [0.2, 0.25) is 0 Å². The lowest BCUT2D eigenvalue weighted by molar-refractivity contribution is -0.384. The van der Waals surface area contributed by atoms with Gasteiger partial charge in [-0.1, -0.05) is 0 Å². The number of nitrogens with zero attached hydrogens (tertiary/aromatic N) is 2. The van der Waals surface area contributed by atoms with Crippen molar-refractivity contribution in [2.75, 3.05) is 25.1 Å². The number of anilines is 1. The van der Waals surface area contributed by atoms with Crippen molar-refractivity contribution in [2.24, 2.45) is 0 Å². The van der Waals surface area contributed by atoms with Gasteiger partial charge in [-0.05, 0) is 38.3 Å². The minimum Gasteiger partial charge on any atom is -0.497 e. The van der Waals surface area contributed by atoms with Crippen LogP contribution in [-0.4, -0.2) is 37.2 Å². The van der Waals surface area contributed by atoms with E-state index in [0.29, 0.717) is 23.5 Å². The van der Waals surface area contributed by atoms with Gasteiger partial charge in [-0.2, -0.15) is 0 Å². The molecule has 0 bridgehead atoms. The first kappa shape index (κ1) is 14.1. The maximum atomic E-state index is 11.3. The van der Waals surface area contributed by atoms with Crippen LogP contribution >= 0.6 is 0 Å². The molecule has 0 saturated carbocycles. The third-order valence-electron chi connectivity index (χ3n) is 4.55. The zero-order chi connectivity index (χ0) is 14.8. The summed E-state index contributed by atoms with van der Waals surface area (Å²) in [5, 5.41) is 14.9. The van der Waals surface area contributed by atoms with Crippen LogP contribution in [0.1, 0.15) is 25.7 Å². The molecular formula is C15H21N3O3. The van der Waals surface area contributed by atoms with Gasteiger partial charge in [0.05, 0.1) is 12.0 Å². The summed E-state index contributed by atoms with van der Waals surface area (Å²) in [6.45, 7) is 1.92. The topological polar surface area (TPSA) is 67.6 Å². The van der Waals surface area contributed by atoms with E-state index in [-0.39, 0.29) is 10.6 Å². The zero-order valence-corrected chi connectivity index (χ0v) is 12.2. The van der Waals surface area contributed by atoms with Crippen LogP contribution in [0.3, 0.4) is 0 Å². The Bertz CT molecular complexity index is 529. The van der Waals surface area contributed by atoms with E-state index in [0.717, 1.165) is 32.4 Å². The Kier molecular flexibility index (Phi) is 3.96. The Labute approximate surface area is 124 Å². The Balaban J connectivity index is 1.95. The van der Waals surface area contributed by atoms with Crippen LogP contribution in [0, 0.1) is 10.1 Å². The standard InChI is InChI=1S/C15H21N3O3/c1-21-11-6-7-14(18(19)20)15(10-11)17-9-3-5-13(17)12-4-2-8-16-12/h6-7,10,12-13,16H,2-5,8-9H2,1H3. The van der Waals surface area contributed by atoms with Crippen LogP contribution in [0.4, 0.5) is 11.4 Å². The smallest absolute Gasteiger partial charge is 0.292 e. The number of nitro groups is 1. The van der Waals surface area contributed by atoms with Crippen molar-refractivity contribution in [2.45, 2.75) is 37.8 Å². The Morgan fingerprint density at radius 3 is 2.90 bits per heavy atom. The molecule has 0 aromatic heterocycles. The maximum Gasteiger partial charge on any atom is 0.292 e. The quantitative estimate of drug-likeness (QED) is 0.681. The highest BCUT2D eigenvalue weighted by molar-refractivity contribution is 5.67. The third kappa shape index (κ3) is 2.68. The Hall–Kier alpha value is -1.82. The minimum atomic E-state index is -0.299. The summed E-state index contributed by atoms with van der Waals surface area (Å²) < 4.78 is 5.24. The number of hydrogen-bond acceptors (Lipinski definition) is 5. The van der Waals surface area contributed by atoms with Gasteiger partial charge < -0.3 is 15.0 Å². The van der Waals surface area contributed by atoms with Crippen molar-refractivity contribution in [3.8, 4) is 5.75 Å². The lowest BCUT2D eigenvalue weighted by atomic mass is 10.0. The molecule has 6 heteroatoms. The molecule has 2 saturated heterocycles. The van der Waals surface area contributed by atoms with E-state index in [1.807, 2.05) is 0 Å². The first-order valence-corrected chi connectivity index (χ1v) is 7.53. The molecule has 1 aromatic carbocycles. The van der Waals surface area contributed by atoms with Gasteiger partial charge >= 0.3 is 0 Å². The van der Waals surface area contributed by atoms with Crippen molar-refractivity contribution < 1.29 is 9.66 Å². The van der Waals surface area contributed by atoms with Gasteiger partial charge in [-0.3, -0.25) is 10.1 Å². The van der Waals surface area contributed by atoms with Crippen molar-refractivity contribution >= 4 is 11.4 Å². The molecule has 0 aliphatic carbocycles. The molecule has 1 aromatic rings. The fourth-order valence-corrected chi connectivity index (χ4v) is 3.56. The second kappa shape index (κ2) is 5.89. The fourth-order valence-electron chi connectivity index (χ4n) is 3.56. The first-order valence-electron chi connectivity index (χ1n) is 7.53. The molecule has 2 unspecified atom stereocenters. The number of nitrogens with one attached hydrogen (secondary N) is 1. The summed E-state index contributed by atoms with van der Waals surface area (Å²) in [6, 6.07) is 5.79. The van der Waals surface area contributed by atoms with Gasteiger partial charge in [0.15, 0.2) is 0 Å². The highest BCUT2D eigenvalue weighted by atomic mass is 16.6. The number of rotatable bonds is 4. The number of ether oxygens (including phenoxy) is 1. The zero-order valence-electron chi connectivity index (χ0n) is 12.2. The van der Waals surface area contributed by atoms with E-state index in [4.69, 9.17) is 4.74 Å². The van der Waals surface area contributed by atoms with Gasteiger partial charge in [0.25, 0.3) is 5.69 Å². The van der Waals surface area contributed by atoms with Gasteiger partial charge in [0.2, 0.25) is 0 Å². The minimum absolute atomic E-state index is 0.167. The number of benzene rings is 1. The summed E-state index contributed by atoms with van der Waals surface area (Å²) >= 11 is 0. The normalized spacial score (nSPS) is 25.3. The lowest BCUT2D eigenvalue weighted by Gasteiger charge is -2.31. The van der Waals surface area contributed by atoms with Crippen molar-refractivity contribution in [3.05, 3.63) is 28.3 Å². The van der Waals surface area contributed by atoms with E-state index in [1.54, 1.807) is 25.3 Å². The molecule has 114 valence electrons. The van der Waals surface area contributed by atoms with E-state index < -0.39 is 0 Å². The highest BCUT2D eigenvalue weighted by Gasteiger charge is 2.36. The van der Waals surface area contributed by atoms with E-state index >= 15 is 0 Å². The van der Waals surface area contributed by atoms with Crippen molar-refractivity contribution in [1.29, 1.82) is 0 Å². The van der Waals surface area contributed by atoms with Crippen LogP contribution < -0.4 is 15.0 Å². The molecule has 6 nitrogen and oxygen atoms in total. The van der Waals surface area contributed by atoms with Crippen LogP contribution in [-0.2, 0) is 0 Å². The SMILES string of the molecule is COc1ccc([N+](=O)[O-])c(N2CCCC2C2CCCN2)c1. The van der Waals surface area contributed by atoms with Crippen LogP contribution in [0.5, 0.6) is 5.75 Å². The summed E-state index contributed by atoms with van der Waals surface area (Å²) in [7, 11) is 1.59. The summed E-state index contributed by atoms with van der Waals surface area (Å²) in [5.74, 6) is 0.667. The van der Waals surface area contributed by atoms with Crippen LogP contribution in [0.15, 0.2) is 18.2 Å². The molecule has 2 aliphatic heterocycles. The van der Waals surface area contributed by atoms with E-state index in [9.17, 15) is 10.1 Å². The van der Waals surface area contributed by atoms with Gasteiger partial charge in [0.1, 0.15) is 11.4 Å². The summed E-state index contributed by atoms with van der Waals surface area (Å²) in [5.41, 5.74) is 0.858. The summed E-state index contributed by atoms with van der Waals surface area (Å²) in [6.07, 6.45) is 4.51. The second-order valence-electron chi connectivity index (χ2n) is 5.72. The molecular weight excluding hydrogens is 270 g/mol. The van der Waals surface area contributed by atoms with Gasteiger partial charge in [-0.25, -0.2) is 0 Å². The van der Waals surface area contributed by atoms with Crippen molar-refractivity contribution in [1.82, 2.24) is 5.32 Å². The molecule has 2 aliphatic rings. The average molecular weight is 291 g/mol. The summed E-state index contributed by atoms with van der Waals surface area (Å²) in [4.78, 5) is 13.2. The fraction of sp³-hybridized carbons (Fsp3) is 0.600. The molecule has 2 heterocycles. The Morgan fingerprint density at radius 2 is 2.24 bits per heavy atom. The lowest BCUT2D eigenvalue weighted by Crippen LogP contribution is -2.44. The third-order valence-corrected chi connectivity index (χ3v) is 4.55. The monoisotopic (exact) mass is 291 g/mol. The molecule has 1 N–H and O–H groups in total. The second-order valence-corrected chi connectivity index (χ2v) is 5.72.